The maximum Gasteiger partial charge on any atom is 0.257 e. The van der Waals surface area contributed by atoms with Crippen molar-refractivity contribution in [2.75, 3.05) is 34.3 Å². The molecule has 4 aromatic rings. The Bertz CT molecular complexity index is 1420. The number of ether oxygens (including phenoxy) is 1. The summed E-state index contributed by atoms with van der Waals surface area (Å²) in [5.41, 5.74) is 4.34. The van der Waals surface area contributed by atoms with Crippen LogP contribution in [-0.2, 0) is 0 Å². The third-order valence-electron chi connectivity index (χ3n) is 6.74. The molecule has 0 saturated carbocycles. The quantitative estimate of drug-likeness (QED) is 0.409. The highest BCUT2D eigenvalue weighted by atomic mass is 35.5. The van der Waals surface area contributed by atoms with Crippen LogP contribution in [0, 0.1) is 0 Å². The highest BCUT2D eigenvalue weighted by molar-refractivity contribution is 6.33. The second-order valence-electron chi connectivity index (χ2n) is 9.03. The summed E-state index contributed by atoms with van der Waals surface area (Å²) in [5.74, 6) is 0.348. The SMILES string of the molecule is COc1ccccc1-c1c[nH]c2ncc(-c3cc(Cl)c(O)c(C(=O)N4CCC(N(C)C)C4)c3)cc12. The van der Waals surface area contributed by atoms with Gasteiger partial charge in [-0.15, -0.1) is 0 Å². The molecule has 8 heteroatoms. The molecule has 2 aromatic carbocycles. The number of likely N-dealkylation sites (N-methyl/N-ethyl adjacent to an activating group) is 1. The van der Waals surface area contributed by atoms with E-state index in [-0.39, 0.29) is 22.2 Å². The number of phenols is 1. The van der Waals surface area contributed by atoms with Gasteiger partial charge in [0.1, 0.15) is 17.1 Å². The number of fused-ring (bicyclic) bond motifs is 1. The zero-order valence-electron chi connectivity index (χ0n) is 19.9. The summed E-state index contributed by atoms with van der Waals surface area (Å²) in [7, 11) is 5.67. The molecule has 0 radical (unpaired) electrons. The number of likely N-dealkylation sites (tertiary alicyclic amines) is 1. The van der Waals surface area contributed by atoms with Gasteiger partial charge >= 0.3 is 0 Å². The number of aromatic hydroxyl groups is 1. The third kappa shape index (κ3) is 4.22. The van der Waals surface area contributed by atoms with Gasteiger partial charge in [-0.3, -0.25) is 4.79 Å². The standard InChI is InChI=1S/C27H27ClN4O3/c1-31(2)18-8-9-32(15-18)27(34)21-10-16(12-23(28)25(21)33)17-11-20-22(14-30-26(20)29-13-17)19-6-4-5-7-24(19)35-3/h4-7,10-14,18,33H,8-9,15H2,1-3H3,(H,29,30). The first-order chi connectivity index (χ1) is 16.9. The number of nitrogens with zero attached hydrogens (tertiary/aromatic N) is 3. The monoisotopic (exact) mass is 490 g/mol. The second-order valence-corrected chi connectivity index (χ2v) is 9.44. The number of halogens is 1. The molecule has 7 nitrogen and oxygen atoms in total. The molecule has 1 fully saturated rings. The van der Waals surface area contributed by atoms with Gasteiger partial charge < -0.3 is 24.6 Å². The lowest BCUT2D eigenvalue weighted by Crippen LogP contribution is -2.34. The molecular formula is C27H27ClN4O3. The fourth-order valence-corrected chi connectivity index (χ4v) is 4.92. The van der Waals surface area contributed by atoms with E-state index in [9.17, 15) is 9.90 Å². The maximum atomic E-state index is 13.3. The summed E-state index contributed by atoms with van der Waals surface area (Å²) in [4.78, 5) is 25.0. The lowest BCUT2D eigenvalue weighted by atomic mass is 10.00. The Labute approximate surface area is 208 Å². The van der Waals surface area contributed by atoms with Gasteiger partial charge in [0.25, 0.3) is 5.91 Å². The lowest BCUT2D eigenvalue weighted by Gasteiger charge is -2.21. The van der Waals surface area contributed by atoms with Crippen LogP contribution in [0.25, 0.3) is 33.3 Å². The number of methoxy groups -OCH3 is 1. The normalized spacial score (nSPS) is 15.8. The van der Waals surface area contributed by atoms with E-state index in [1.54, 1.807) is 30.3 Å². The van der Waals surface area contributed by atoms with Gasteiger partial charge in [0, 0.05) is 53.6 Å². The molecule has 1 unspecified atom stereocenters. The minimum atomic E-state index is -0.221. The first-order valence-corrected chi connectivity index (χ1v) is 11.8. The van der Waals surface area contributed by atoms with Crippen LogP contribution >= 0.6 is 11.6 Å². The van der Waals surface area contributed by atoms with Gasteiger partial charge in [-0.25, -0.2) is 4.98 Å². The number of pyridine rings is 1. The van der Waals surface area contributed by atoms with E-state index in [1.807, 2.05) is 50.6 Å². The van der Waals surface area contributed by atoms with E-state index in [0.29, 0.717) is 24.7 Å². The molecule has 1 atom stereocenters. The molecule has 0 bridgehead atoms. The molecule has 0 aliphatic carbocycles. The van der Waals surface area contributed by atoms with Gasteiger partial charge in [-0.1, -0.05) is 29.8 Å². The highest BCUT2D eigenvalue weighted by Gasteiger charge is 2.30. The lowest BCUT2D eigenvalue weighted by molar-refractivity contribution is 0.0780. The van der Waals surface area contributed by atoms with E-state index in [2.05, 4.69) is 14.9 Å². The molecule has 35 heavy (non-hydrogen) atoms. The van der Waals surface area contributed by atoms with E-state index >= 15 is 0 Å². The molecular weight excluding hydrogens is 464 g/mol. The van der Waals surface area contributed by atoms with Crippen molar-refractivity contribution in [1.29, 1.82) is 0 Å². The number of rotatable bonds is 5. The Morgan fingerprint density at radius 2 is 2.00 bits per heavy atom. The Morgan fingerprint density at radius 1 is 1.20 bits per heavy atom. The van der Waals surface area contributed by atoms with Crippen LogP contribution in [0.2, 0.25) is 5.02 Å². The van der Waals surface area contributed by atoms with Crippen molar-refractivity contribution in [2.45, 2.75) is 12.5 Å². The van der Waals surface area contributed by atoms with Crippen molar-refractivity contribution in [1.82, 2.24) is 19.8 Å². The van der Waals surface area contributed by atoms with Crippen molar-refractivity contribution >= 4 is 28.5 Å². The number of hydrogen-bond donors (Lipinski definition) is 2. The van der Waals surface area contributed by atoms with Gasteiger partial charge in [-0.2, -0.15) is 0 Å². The molecule has 1 aliphatic rings. The Balaban J connectivity index is 1.55. The maximum absolute atomic E-state index is 13.3. The van der Waals surface area contributed by atoms with Crippen molar-refractivity contribution in [3.05, 3.63) is 65.4 Å². The van der Waals surface area contributed by atoms with Crippen LogP contribution in [0.15, 0.2) is 54.9 Å². The van der Waals surface area contributed by atoms with Crippen LogP contribution in [0.3, 0.4) is 0 Å². The van der Waals surface area contributed by atoms with E-state index < -0.39 is 0 Å². The van der Waals surface area contributed by atoms with E-state index in [1.165, 1.54) is 0 Å². The number of H-pyrrole nitrogens is 1. The van der Waals surface area contributed by atoms with Gasteiger partial charge in [0.15, 0.2) is 0 Å². The summed E-state index contributed by atoms with van der Waals surface area (Å²) < 4.78 is 5.55. The van der Waals surface area contributed by atoms with Crippen LogP contribution in [0.4, 0.5) is 0 Å². The minimum Gasteiger partial charge on any atom is -0.506 e. The molecule has 180 valence electrons. The number of carbonyl (C=O) groups excluding carboxylic acids is 1. The predicted octanol–water partition coefficient (Wildman–Crippen LogP) is 5.04. The molecule has 2 N–H and O–H groups in total. The van der Waals surface area contributed by atoms with Crippen LogP contribution in [0.5, 0.6) is 11.5 Å². The molecule has 0 spiro atoms. The Hall–Kier alpha value is -3.55. The number of amides is 1. The van der Waals surface area contributed by atoms with E-state index in [0.717, 1.165) is 39.9 Å². The predicted molar refractivity (Wildman–Crippen MR) is 138 cm³/mol. The molecule has 1 aliphatic heterocycles. The fraction of sp³-hybridized carbons (Fsp3) is 0.259. The number of hydrogen-bond acceptors (Lipinski definition) is 5. The zero-order chi connectivity index (χ0) is 24.7. The number of benzene rings is 2. The topological polar surface area (TPSA) is 81.7 Å². The summed E-state index contributed by atoms with van der Waals surface area (Å²) in [6.07, 6.45) is 4.54. The number of carbonyl (C=O) groups is 1. The average molecular weight is 491 g/mol. The molecule has 3 heterocycles. The van der Waals surface area contributed by atoms with Crippen LogP contribution in [-0.4, -0.2) is 71.1 Å². The smallest absolute Gasteiger partial charge is 0.257 e. The van der Waals surface area contributed by atoms with Gasteiger partial charge in [0.2, 0.25) is 0 Å². The Morgan fingerprint density at radius 3 is 2.74 bits per heavy atom. The first-order valence-electron chi connectivity index (χ1n) is 11.5. The average Bonchev–Trinajstić information content (AvgIpc) is 3.52. The Kier molecular flexibility index (Phi) is 6.13. The number of phenolic OH excluding ortho intramolecular Hbond substituents is 1. The summed E-state index contributed by atoms with van der Waals surface area (Å²) in [6.45, 7) is 1.26. The van der Waals surface area contributed by atoms with E-state index in [4.69, 9.17) is 16.3 Å². The minimum absolute atomic E-state index is 0.133. The first kappa shape index (κ1) is 23.2. The third-order valence-corrected chi connectivity index (χ3v) is 7.02. The van der Waals surface area contributed by atoms with Crippen molar-refractivity contribution in [3.63, 3.8) is 0 Å². The summed E-state index contributed by atoms with van der Waals surface area (Å²) >= 11 is 6.39. The number of aromatic amines is 1. The molecule has 1 amide bonds. The molecule has 1 saturated heterocycles. The summed E-state index contributed by atoms with van der Waals surface area (Å²) in [5, 5.41) is 11.7. The molecule has 2 aromatic heterocycles. The van der Waals surface area contributed by atoms with Crippen LogP contribution < -0.4 is 4.74 Å². The summed E-state index contributed by atoms with van der Waals surface area (Å²) in [6, 6.07) is 13.5. The molecule has 5 rings (SSSR count). The largest absolute Gasteiger partial charge is 0.506 e. The van der Waals surface area contributed by atoms with Gasteiger partial charge in [-0.05, 0) is 50.3 Å². The van der Waals surface area contributed by atoms with Gasteiger partial charge in [0.05, 0.1) is 17.7 Å². The second kappa shape index (κ2) is 9.24. The number of aromatic nitrogens is 2. The zero-order valence-corrected chi connectivity index (χ0v) is 20.6. The van der Waals surface area contributed by atoms with Crippen molar-refractivity contribution < 1.29 is 14.6 Å². The number of nitrogens with one attached hydrogen (secondary N) is 1. The van der Waals surface area contributed by atoms with Crippen molar-refractivity contribution in [2.24, 2.45) is 0 Å². The van der Waals surface area contributed by atoms with Crippen molar-refractivity contribution in [3.8, 4) is 33.8 Å². The highest BCUT2D eigenvalue weighted by Crippen LogP contribution is 2.38. The number of para-hydroxylation sites is 1. The fourth-order valence-electron chi connectivity index (χ4n) is 4.70. The van der Waals surface area contributed by atoms with Crippen LogP contribution in [0.1, 0.15) is 16.8 Å².